The van der Waals surface area contributed by atoms with Crippen LogP contribution in [0.25, 0.3) is 32.8 Å². The van der Waals surface area contributed by atoms with Crippen LogP contribution in [-0.4, -0.2) is 17.1 Å². The summed E-state index contributed by atoms with van der Waals surface area (Å²) >= 11 is 6.42. The maximum absolute atomic E-state index is 12.2. The van der Waals surface area contributed by atoms with Gasteiger partial charge in [-0.25, -0.2) is 4.98 Å². The van der Waals surface area contributed by atoms with Crippen LogP contribution < -0.4 is 10.3 Å². The minimum Gasteiger partial charge on any atom is -0.497 e. The Kier molecular flexibility index (Phi) is 4.19. The van der Waals surface area contributed by atoms with Gasteiger partial charge in [0.2, 0.25) is 0 Å². The van der Waals surface area contributed by atoms with Gasteiger partial charge >= 0.3 is 0 Å². The average Bonchev–Trinajstić information content (AvgIpc) is 2.67. The minimum absolute atomic E-state index is 0.206. The Bertz CT molecular complexity index is 1210. The highest BCUT2D eigenvalue weighted by atomic mass is 35.5. The van der Waals surface area contributed by atoms with Gasteiger partial charge in [-0.1, -0.05) is 41.9 Å². The first-order valence-corrected chi connectivity index (χ1v) is 8.46. The first-order valence-electron chi connectivity index (χ1n) is 8.08. The maximum Gasteiger partial charge on any atom is 0.259 e. The molecule has 0 unspecified atom stereocenters. The molecule has 4 aromatic rings. The quantitative estimate of drug-likeness (QED) is 0.568. The molecule has 4 nitrogen and oxygen atoms in total. The molecular formula is C21H15ClN2O2. The van der Waals surface area contributed by atoms with Crippen LogP contribution in [0.15, 0.2) is 65.5 Å². The van der Waals surface area contributed by atoms with E-state index in [1.165, 1.54) is 0 Å². The lowest BCUT2D eigenvalue weighted by molar-refractivity contribution is 0.415. The lowest BCUT2D eigenvalue weighted by Crippen LogP contribution is -2.10. The van der Waals surface area contributed by atoms with Gasteiger partial charge in [-0.05, 0) is 52.7 Å². The summed E-state index contributed by atoms with van der Waals surface area (Å²) in [6.45, 7) is 0. The van der Waals surface area contributed by atoms with Gasteiger partial charge in [-0.2, -0.15) is 0 Å². The van der Waals surface area contributed by atoms with Crippen LogP contribution in [0.4, 0.5) is 0 Å². The Hall–Kier alpha value is -3.11. The highest BCUT2D eigenvalue weighted by molar-refractivity contribution is 6.50. The molecule has 0 spiro atoms. The van der Waals surface area contributed by atoms with Crippen LogP contribution in [0, 0.1) is 0 Å². The van der Waals surface area contributed by atoms with Crippen LogP contribution in [0.1, 0.15) is 11.4 Å². The number of aromatic amines is 1. The van der Waals surface area contributed by atoms with E-state index in [0.29, 0.717) is 21.8 Å². The topological polar surface area (TPSA) is 55.0 Å². The van der Waals surface area contributed by atoms with Crippen molar-refractivity contribution >= 4 is 44.4 Å². The molecule has 0 radical (unpaired) electrons. The summed E-state index contributed by atoms with van der Waals surface area (Å²) in [5.41, 5.74) is 1.33. The summed E-state index contributed by atoms with van der Waals surface area (Å²) in [6.07, 6.45) is 1.79. The standard InChI is InChI=1S/C21H15ClN2O2/c1-26-16-9-8-14-10-13(6-7-15(14)12-16)11-18(22)20-23-19-5-3-2-4-17(19)21(25)24-20/h2-12H,1H3,(H,23,24,25). The molecule has 26 heavy (non-hydrogen) atoms. The summed E-state index contributed by atoms with van der Waals surface area (Å²) < 4.78 is 5.25. The number of aromatic nitrogens is 2. The molecular weight excluding hydrogens is 348 g/mol. The first kappa shape index (κ1) is 16.4. The maximum atomic E-state index is 12.2. The van der Waals surface area contributed by atoms with E-state index in [2.05, 4.69) is 9.97 Å². The molecule has 0 aliphatic rings. The summed E-state index contributed by atoms with van der Waals surface area (Å²) in [7, 11) is 1.65. The normalized spacial score (nSPS) is 11.8. The Labute approximate surface area is 154 Å². The average molecular weight is 363 g/mol. The second-order valence-corrected chi connectivity index (χ2v) is 6.30. The Morgan fingerprint density at radius 1 is 1.08 bits per heavy atom. The van der Waals surface area contributed by atoms with Gasteiger partial charge < -0.3 is 9.72 Å². The molecule has 3 aromatic carbocycles. The van der Waals surface area contributed by atoms with E-state index in [9.17, 15) is 4.79 Å². The molecule has 0 saturated carbocycles. The predicted octanol–water partition coefficient (Wildman–Crippen LogP) is 4.82. The predicted molar refractivity (Wildman–Crippen MR) is 107 cm³/mol. The van der Waals surface area contributed by atoms with E-state index < -0.39 is 0 Å². The second kappa shape index (κ2) is 6.65. The third-order valence-corrected chi connectivity index (χ3v) is 4.49. The third-order valence-electron chi connectivity index (χ3n) is 4.20. The SMILES string of the molecule is COc1ccc2cc(C=C(Cl)c3nc4ccccc4c(=O)[nH]3)ccc2c1. The van der Waals surface area contributed by atoms with Crippen molar-refractivity contribution in [2.45, 2.75) is 0 Å². The molecule has 128 valence electrons. The van der Waals surface area contributed by atoms with Crippen LogP contribution in [0.2, 0.25) is 0 Å². The van der Waals surface area contributed by atoms with E-state index in [1.807, 2.05) is 42.5 Å². The van der Waals surface area contributed by atoms with Crippen LogP contribution >= 0.6 is 11.6 Å². The number of nitrogens with zero attached hydrogens (tertiary/aromatic N) is 1. The number of para-hydroxylation sites is 1. The number of H-pyrrole nitrogens is 1. The van der Waals surface area contributed by atoms with Gasteiger partial charge in [-0.15, -0.1) is 0 Å². The van der Waals surface area contributed by atoms with E-state index in [-0.39, 0.29) is 5.56 Å². The molecule has 0 saturated heterocycles. The summed E-state index contributed by atoms with van der Waals surface area (Å²) in [5, 5.41) is 3.07. The number of nitrogens with one attached hydrogen (secondary N) is 1. The van der Waals surface area contributed by atoms with Gasteiger partial charge in [0, 0.05) is 0 Å². The van der Waals surface area contributed by atoms with Crippen molar-refractivity contribution in [2.75, 3.05) is 7.11 Å². The fourth-order valence-electron chi connectivity index (χ4n) is 2.87. The molecule has 1 aromatic heterocycles. The van der Waals surface area contributed by atoms with Crippen molar-refractivity contribution < 1.29 is 4.74 Å². The number of rotatable bonds is 3. The number of methoxy groups -OCH3 is 1. The van der Waals surface area contributed by atoms with Crippen LogP contribution in [0.3, 0.4) is 0 Å². The van der Waals surface area contributed by atoms with E-state index in [0.717, 1.165) is 22.1 Å². The zero-order valence-electron chi connectivity index (χ0n) is 14.0. The van der Waals surface area contributed by atoms with E-state index in [4.69, 9.17) is 16.3 Å². The Balaban J connectivity index is 1.76. The molecule has 0 aliphatic carbocycles. The van der Waals surface area contributed by atoms with Crippen molar-refractivity contribution in [1.29, 1.82) is 0 Å². The Morgan fingerprint density at radius 2 is 1.85 bits per heavy atom. The fourth-order valence-corrected chi connectivity index (χ4v) is 3.09. The molecule has 0 aliphatic heterocycles. The smallest absolute Gasteiger partial charge is 0.259 e. The first-order chi connectivity index (χ1) is 12.6. The minimum atomic E-state index is -0.206. The molecule has 1 heterocycles. The van der Waals surface area contributed by atoms with Gasteiger partial charge in [0.15, 0.2) is 5.82 Å². The molecule has 1 N–H and O–H groups in total. The third kappa shape index (κ3) is 3.07. The van der Waals surface area contributed by atoms with Crippen LogP contribution in [-0.2, 0) is 0 Å². The highest BCUT2D eigenvalue weighted by Crippen LogP contribution is 2.25. The van der Waals surface area contributed by atoms with Crippen molar-refractivity contribution in [3.05, 3.63) is 82.4 Å². The van der Waals surface area contributed by atoms with Crippen molar-refractivity contribution in [3.8, 4) is 5.75 Å². The number of hydrogen-bond acceptors (Lipinski definition) is 3. The monoisotopic (exact) mass is 362 g/mol. The Morgan fingerprint density at radius 3 is 2.69 bits per heavy atom. The van der Waals surface area contributed by atoms with Crippen LogP contribution in [0.5, 0.6) is 5.75 Å². The molecule has 0 atom stereocenters. The number of fused-ring (bicyclic) bond motifs is 2. The number of ether oxygens (including phenoxy) is 1. The molecule has 0 amide bonds. The molecule has 5 heteroatoms. The summed E-state index contributed by atoms with van der Waals surface area (Å²) in [6, 6.07) is 19.1. The van der Waals surface area contributed by atoms with Gasteiger partial charge in [0.05, 0.1) is 23.0 Å². The summed E-state index contributed by atoms with van der Waals surface area (Å²) in [4.78, 5) is 19.4. The lowest BCUT2D eigenvalue weighted by atomic mass is 10.1. The van der Waals surface area contributed by atoms with Crippen molar-refractivity contribution in [1.82, 2.24) is 9.97 Å². The summed E-state index contributed by atoms with van der Waals surface area (Å²) in [5.74, 6) is 1.17. The zero-order valence-corrected chi connectivity index (χ0v) is 14.7. The van der Waals surface area contributed by atoms with Gasteiger partial charge in [0.1, 0.15) is 5.75 Å². The highest BCUT2D eigenvalue weighted by Gasteiger charge is 2.07. The number of benzene rings is 3. The van der Waals surface area contributed by atoms with Crippen molar-refractivity contribution in [2.24, 2.45) is 0 Å². The zero-order chi connectivity index (χ0) is 18.1. The number of hydrogen-bond donors (Lipinski definition) is 1. The van der Waals surface area contributed by atoms with E-state index in [1.54, 1.807) is 31.4 Å². The molecule has 0 bridgehead atoms. The fraction of sp³-hybridized carbons (Fsp3) is 0.0476. The van der Waals surface area contributed by atoms with Gasteiger partial charge in [0.25, 0.3) is 5.56 Å². The lowest BCUT2D eigenvalue weighted by Gasteiger charge is -2.05. The van der Waals surface area contributed by atoms with E-state index >= 15 is 0 Å². The van der Waals surface area contributed by atoms with Gasteiger partial charge in [-0.3, -0.25) is 4.79 Å². The number of halogens is 1. The molecule has 0 fully saturated rings. The van der Waals surface area contributed by atoms with Crippen molar-refractivity contribution in [3.63, 3.8) is 0 Å². The second-order valence-electron chi connectivity index (χ2n) is 5.90. The molecule has 4 rings (SSSR count). The largest absolute Gasteiger partial charge is 0.497 e.